The van der Waals surface area contributed by atoms with E-state index in [1.165, 1.54) is 0 Å². The van der Waals surface area contributed by atoms with Crippen LogP contribution in [0.1, 0.15) is 26.7 Å². The topological polar surface area (TPSA) is 54.4 Å². The lowest BCUT2D eigenvalue weighted by molar-refractivity contribution is -0.136. The predicted molar refractivity (Wildman–Crippen MR) is 95.9 cm³/mol. The van der Waals surface area contributed by atoms with Crippen LogP contribution in [0.3, 0.4) is 0 Å². The van der Waals surface area contributed by atoms with Crippen LogP contribution in [0.4, 0.5) is 0 Å². The second-order valence-corrected chi connectivity index (χ2v) is 6.77. The van der Waals surface area contributed by atoms with Gasteiger partial charge in [-0.2, -0.15) is 0 Å². The molecule has 6 heteroatoms. The summed E-state index contributed by atoms with van der Waals surface area (Å²) >= 11 is 15.6. The first-order valence-corrected chi connectivity index (χ1v) is 8.21. The van der Waals surface area contributed by atoms with Crippen molar-refractivity contribution in [1.29, 1.82) is 0 Å². The summed E-state index contributed by atoms with van der Waals surface area (Å²) in [5.74, 6) is -1.35. The van der Waals surface area contributed by atoms with E-state index in [1.54, 1.807) is 36.2 Å². The van der Waals surface area contributed by atoms with Crippen molar-refractivity contribution in [3.05, 3.63) is 47.0 Å². The standard InChI is InChI=1S/C16H19BrCl2O3/c1-11(4-6-13(20)12(2)10-15(21)22)5-7-14(18)16(3,19)8-9-17/h4-5,7-9,14H,2,6,10H2,1,3H3,(H,21,22). The zero-order valence-electron chi connectivity index (χ0n) is 12.5. The molecular formula is C16H19BrCl2O3. The average Bonchev–Trinajstić information content (AvgIpc) is 2.40. The first-order chi connectivity index (χ1) is 10.1. The van der Waals surface area contributed by atoms with Crippen molar-refractivity contribution in [3.8, 4) is 0 Å². The van der Waals surface area contributed by atoms with Gasteiger partial charge in [0.15, 0.2) is 5.78 Å². The summed E-state index contributed by atoms with van der Waals surface area (Å²) in [7, 11) is 0. The number of carboxylic acid groups (broad SMARTS) is 1. The largest absolute Gasteiger partial charge is 0.481 e. The molecule has 0 rings (SSSR count). The summed E-state index contributed by atoms with van der Waals surface area (Å²) in [5.41, 5.74) is 0.920. The molecule has 0 aromatic rings. The van der Waals surface area contributed by atoms with Gasteiger partial charge in [0.05, 0.1) is 16.7 Å². The van der Waals surface area contributed by atoms with E-state index >= 15 is 0 Å². The highest BCUT2D eigenvalue weighted by atomic mass is 79.9. The van der Waals surface area contributed by atoms with Gasteiger partial charge in [0, 0.05) is 6.42 Å². The highest BCUT2D eigenvalue weighted by Gasteiger charge is 2.25. The normalized spacial score (nSPS) is 16.7. The number of ketones is 1. The van der Waals surface area contributed by atoms with Crippen LogP contribution in [0.15, 0.2) is 47.0 Å². The number of hydrogen-bond donors (Lipinski definition) is 1. The molecule has 0 aliphatic carbocycles. The Morgan fingerprint density at radius 1 is 1.45 bits per heavy atom. The van der Waals surface area contributed by atoms with Crippen molar-refractivity contribution in [2.75, 3.05) is 0 Å². The molecular weight excluding hydrogens is 391 g/mol. The molecule has 0 heterocycles. The number of carbonyl (C=O) groups is 2. The summed E-state index contributed by atoms with van der Waals surface area (Å²) in [5, 5.41) is 8.17. The molecule has 2 atom stereocenters. The van der Waals surface area contributed by atoms with Crippen LogP contribution >= 0.6 is 39.1 Å². The fraction of sp³-hybridized carbons (Fsp3) is 0.375. The van der Waals surface area contributed by atoms with Crippen molar-refractivity contribution in [2.45, 2.75) is 36.9 Å². The minimum Gasteiger partial charge on any atom is -0.481 e. The van der Waals surface area contributed by atoms with Crippen molar-refractivity contribution in [3.63, 3.8) is 0 Å². The maximum absolute atomic E-state index is 11.7. The van der Waals surface area contributed by atoms with Gasteiger partial charge >= 0.3 is 5.97 Å². The molecule has 0 radical (unpaired) electrons. The average molecular weight is 410 g/mol. The van der Waals surface area contributed by atoms with Gasteiger partial charge in [0.2, 0.25) is 0 Å². The zero-order valence-corrected chi connectivity index (χ0v) is 15.6. The quantitative estimate of drug-likeness (QED) is 0.331. The van der Waals surface area contributed by atoms with Gasteiger partial charge in [-0.15, -0.1) is 23.2 Å². The Labute approximate surface area is 149 Å². The Kier molecular flexibility index (Phi) is 9.65. The number of alkyl halides is 2. The Morgan fingerprint density at radius 2 is 2.05 bits per heavy atom. The molecule has 122 valence electrons. The molecule has 1 N–H and O–H groups in total. The molecule has 0 fully saturated rings. The van der Waals surface area contributed by atoms with Crippen molar-refractivity contribution < 1.29 is 14.7 Å². The number of hydrogen-bond acceptors (Lipinski definition) is 2. The highest BCUT2D eigenvalue weighted by Crippen LogP contribution is 2.27. The smallest absolute Gasteiger partial charge is 0.307 e. The van der Waals surface area contributed by atoms with Crippen LogP contribution in [0.2, 0.25) is 0 Å². The molecule has 0 saturated carbocycles. The van der Waals surface area contributed by atoms with Crippen molar-refractivity contribution in [1.82, 2.24) is 0 Å². The third-order valence-corrected chi connectivity index (χ3v) is 4.16. The Bertz CT molecular complexity index is 519. The monoisotopic (exact) mass is 408 g/mol. The minimum absolute atomic E-state index is 0.0894. The van der Waals surface area contributed by atoms with Crippen LogP contribution in [-0.2, 0) is 9.59 Å². The van der Waals surface area contributed by atoms with Gasteiger partial charge in [-0.25, -0.2) is 0 Å². The van der Waals surface area contributed by atoms with E-state index in [0.717, 1.165) is 5.57 Å². The second kappa shape index (κ2) is 10.0. The Balaban J connectivity index is 4.63. The lowest BCUT2D eigenvalue weighted by Gasteiger charge is -2.20. The third kappa shape index (κ3) is 8.57. The summed E-state index contributed by atoms with van der Waals surface area (Å²) in [6, 6.07) is 0. The number of carboxylic acids is 1. The summed E-state index contributed by atoms with van der Waals surface area (Å²) in [4.78, 5) is 23.1. The number of Topliss-reactive ketones (excluding diaryl/α,β-unsaturated/α-hetero) is 1. The molecule has 3 nitrogen and oxygen atoms in total. The first kappa shape index (κ1) is 21.2. The second-order valence-electron chi connectivity index (χ2n) is 4.95. The van der Waals surface area contributed by atoms with E-state index in [9.17, 15) is 9.59 Å². The fourth-order valence-electron chi connectivity index (χ4n) is 1.39. The number of aliphatic carboxylic acids is 1. The molecule has 0 spiro atoms. The number of rotatable bonds is 9. The molecule has 0 aliphatic rings. The molecule has 0 aromatic carbocycles. The molecule has 0 aliphatic heterocycles. The fourth-order valence-corrected chi connectivity index (χ4v) is 2.37. The highest BCUT2D eigenvalue weighted by molar-refractivity contribution is 9.11. The molecule has 0 aromatic heterocycles. The van der Waals surface area contributed by atoms with Crippen LogP contribution in [0.5, 0.6) is 0 Å². The van der Waals surface area contributed by atoms with Gasteiger partial charge < -0.3 is 5.11 Å². The lowest BCUT2D eigenvalue weighted by Crippen LogP contribution is -2.24. The van der Waals surface area contributed by atoms with Crippen LogP contribution in [0, 0.1) is 0 Å². The first-order valence-electron chi connectivity index (χ1n) is 6.48. The zero-order chi connectivity index (χ0) is 17.3. The molecule has 0 bridgehead atoms. The maximum Gasteiger partial charge on any atom is 0.307 e. The van der Waals surface area contributed by atoms with Crippen LogP contribution in [0.25, 0.3) is 0 Å². The van der Waals surface area contributed by atoms with Gasteiger partial charge in [-0.3, -0.25) is 9.59 Å². The summed E-state index contributed by atoms with van der Waals surface area (Å²) < 4.78 is 0. The number of allylic oxidation sites excluding steroid dienone is 5. The van der Waals surface area contributed by atoms with E-state index in [-0.39, 0.29) is 24.2 Å². The van der Waals surface area contributed by atoms with Gasteiger partial charge in [-0.1, -0.05) is 52.4 Å². The molecule has 0 saturated heterocycles. The lowest BCUT2D eigenvalue weighted by atomic mass is 10.0. The van der Waals surface area contributed by atoms with E-state index in [1.807, 2.05) is 6.92 Å². The van der Waals surface area contributed by atoms with E-state index < -0.39 is 16.2 Å². The molecule has 22 heavy (non-hydrogen) atoms. The van der Waals surface area contributed by atoms with Crippen LogP contribution in [-0.4, -0.2) is 27.1 Å². The van der Waals surface area contributed by atoms with E-state index in [2.05, 4.69) is 22.5 Å². The SMILES string of the molecule is C=C(CC(=O)O)C(=O)CC=C(C)C=CC(Cl)C(C)(Cl)C=CBr. The van der Waals surface area contributed by atoms with Crippen LogP contribution < -0.4 is 0 Å². The number of halogens is 3. The van der Waals surface area contributed by atoms with E-state index in [0.29, 0.717) is 0 Å². The summed E-state index contributed by atoms with van der Waals surface area (Å²) in [6.45, 7) is 7.07. The molecule has 2 unspecified atom stereocenters. The van der Waals surface area contributed by atoms with Gasteiger partial charge in [-0.05, 0) is 24.4 Å². The van der Waals surface area contributed by atoms with Gasteiger partial charge in [0.1, 0.15) is 0 Å². The predicted octanol–water partition coefficient (Wildman–Crippen LogP) is 4.99. The summed E-state index contributed by atoms with van der Waals surface area (Å²) in [6.07, 6.45) is 6.71. The van der Waals surface area contributed by atoms with Crippen molar-refractivity contribution in [2.24, 2.45) is 0 Å². The van der Waals surface area contributed by atoms with Gasteiger partial charge in [0.25, 0.3) is 0 Å². The van der Waals surface area contributed by atoms with Crippen molar-refractivity contribution >= 4 is 50.9 Å². The third-order valence-electron chi connectivity index (χ3n) is 2.82. The maximum atomic E-state index is 11.7. The number of carbonyl (C=O) groups excluding carboxylic acids is 1. The molecule has 0 amide bonds. The minimum atomic E-state index is -1.06. The Hall–Kier alpha value is -0.840. The van der Waals surface area contributed by atoms with E-state index in [4.69, 9.17) is 28.3 Å². The Morgan fingerprint density at radius 3 is 2.55 bits per heavy atom.